The van der Waals surface area contributed by atoms with Gasteiger partial charge in [0.2, 0.25) is 0 Å². The van der Waals surface area contributed by atoms with Crippen LogP contribution in [0.25, 0.3) is 0 Å². The summed E-state index contributed by atoms with van der Waals surface area (Å²) in [6.07, 6.45) is 4.77. The highest BCUT2D eigenvalue weighted by Crippen LogP contribution is 2.06. The molecule has 0 radical (unpaired) electrons. The summed E-state index contributed by atoms with van der Waals surface area (Å²) in [5, 5.41) is 6.64. The molecule has 0 spiro atoms. The van der Waals surface area contributed by atoms with E-state index in [0.29, 0.717) is 0 Å². The Morgan fingerprint density at radius 3 is 2.39 bits per heavy atom. The molecule has 4 nitrogen and oxygen atoms in total. The monoisotopic (exact) mass is 433 g/mol. The summed E-state index contributed by atoms with van der Waals surface area (Å²) in [5.74, 6) is 0.841. The van der Waals surface area contributed by atoms with Crippen LogP contribution >= 0.6 is 24.0 Å². The van der Waals surface area contributed by atoms with Gasteiger partial charge in [0, 0.05) is 27.2 Å². The van der Waals surface area contributed by atoms with Crippen molar-refractivity contribution >= 4 is 29.9 Å². The third-order valence-electron chi connectivity index (χ3n) is 3.74. The van der Waals surface area contributed by atoms with Crippen molar-refractivity contribution in [3.63, 3.8) is 0 Å². The summed E-state index contributed by atoms with van der Waals surface area (Å²) in [6, 6.07) is 10.7. The summed E-state index contributed by atoms with van der Waals surface area (Å²) in [7, 11) is 3.52. The zero-order chi connectivity index (χ0) is 16.3. The molecule has 0 aliphatic rings. The summed E-state index contributed by atoms with van der Waals surface area (Å²) < 4.78 is 5.39. The van der Waals surface area contributed by atoms with Gasteiger partial charge < -0.3 is 15.4 Å². The Bertz CT molecular complexity index is 435. The van der Waals surface area contributed by atoms with Crippen LogP contribution in [0.4, 0.5) is 0 Å². The van der Waals surface area contributed by atoms with Crippen molar-refractivity contribution in [1.29, 1.82) is 0 Å². The second-order valence-corrected chi connectivity index (χ2v) is 6.11. The predicted molar refractivity (Wildman–Crippen MR) is 110 cm³/mol. The molecule has 0 fully saturated rings. The molecule has 0 aromatic heterocycles. The highest BCUT2D eigenvalue weighted by atomic mass is 127. The van der Waals surface area contributed by atoms with Crippen LogP contribution in [-0.2, 0) is 11.2 Å². The summed E-state index contributed by atoms with van der Waals surface area (Å²) in [6.45, 7) is 5.78. The van der Waals surface area contributed by atoms with Crippen LogP contribution in [0.5, 0.6) is 0 Å². The van der Waals surface area contributed by atoms with Crippen molar-refractivity contribution in [1.82, 2.24) is 10.6 Å². The molecule has 0 saturated heterocycles. The Hall–Kier alpha value is -0.820. The van der Waals surface area contributed by atoms with Gasteiger partial charge in [-0.3, -0.25) is 4.99 Å². The highest BCUT2D eigenvalue weighted by Gasteiger charge is 2.16. The molecule has 0 aliphatic carbocycles. The Morgan fingerprint density at radius 1 is 1.09 bits per heavy atom. The maximum atomic E-state index is 5.39. The van der Waals surface area contributed by atoms with E-state index in [1.165, 1.54) is 18.4 Å². The SMILES string of the molecule is CN=C(NCCCCCc1ccccc1)NCC(C)(C)OC.I. The zero-order valence-corrected chi connectivity index (χ0v) is 17.2. The Kier molecular flexibility index (Phi) is 12.1. The number of unbranched alkanes of at least 4 members (excludes halogenated alkanes) is 2. The number of hydrogen-bond acceptors (Lipinski definition) is 2. The first-order valence-electron chi connectivity index (χ1n) is 8.11. The van der Waals surface area contributed by atoms with E-state index in [-0.39, 0.29) is 29.6 Å². The van der Waals surface area contributed by atoms with Crippen molar-refractivity contribution in [3.05, 3.63) is 35.9 Å². The van der Waals surface area contributed by atoms with E-state index in [2.05, 4.69) is 59.8 Å². The van der Waals surface area contributed by atoms with E-state index in [1.807, 2.05) is 0 Å². The van der Waals surface area contributed by atoms with Gasteiger partial charge in [-0.15, -0.1) is 24.0 Å². The number of nitrogens with one attached hydrogen (secondary N) is 2. The minimum Gasteiger partial charge on any atom is -0.377 e. The number of rotatable bonds is 9. The molecule has 1 aromatic rings. The normalized spacial score (nSPS) is 11.7. The van der Waals surface area contributed by atoms with Crippen LogP contribution in [0.2, 0.25) is 0 Å². The molecular weight excluding hydrogens is 401 g/mol. The Morgan fingerprint density at radius 2 is 1.78 bits per heavy atom. The van der Waals surface area contributed by atoms with Crippen LogP contribution in [0.15, 0.2) is 35.3 Å². The second kappa shape index (κ2) is 12.6. The van der Waals surface area contributed by atoms with Crippen LogP contribution < -0.4 is 10.6 Å². The fourth-order valence-electron chi connectivity index (χ4n) is 2.07. The first-order chi connectivity index (χ1) is 10.6. The maximum absolute atomic E-state index is 5.39. The minimum atomic E-state index is -0.187. The van der Waals surface area contributed by atoms with E-state index in [0.717, 1.165) is 31.9 Å². The Labute approximate surface area is 158 Å². The number of hydrogen-bond donors (Lipinski definition) is 2. The van der Waals surface area contributed by atoms with Crippen molar-refractivity contribution < 1.29 is 4.74 Å². The second-order valence-electron chi connectivity index (χ2n) is 6.11. The van der Waals surface area contributed by atoms with Gasteiger partial charge in [0.1, 0.15) is 0 Å². The molecule has 1 rings (SSSR count). The average Bonchev–Trinajstić information content (AvgIpc) is 2.54. The van der Waals surface area contributed by atoms with Gasteiger partial charge in [0.15, 0.2) is 5.96 Å². The molecule has 0 aliphatic heterocycles. The number of halogens is 1. The lowest BCUT2D eigenvalue weighted by atomic mass is 10.1. The lowest BCUT2D eigenvalue weighted by molar-refractivity contribution is 0.0268. The van der Waals surface area contributed by atoms with Crippen LogP contribution in [0, 0.1) is 0 Å². The average molecular weight is 433 g/mol. The molecule has 1 aromatic carbocycles. The van der Waals surface area contributed by atoms with Crippen molar-refractivity contribution in [3.8, 4) is 0 Å². The number of methoxy groups -OCH3 is 1. The van der Waals surface area contributed by atoms with E-state index in [1.54, 1.807) is 14.2 Å². The van der Waals surface area contributed by atoms with E-state index in [4.69, 9.17) is 4.74 Å². The topological polar surface area (TPSA) is 45.7 Å². The molecule has 23 heavy (non-hydrogen) atoms. The first-order valence-corrected chi connectivity index (χ1v) is 8.11. The first kappa shape index (κ1) is 22.2. The molecule has 0 bridgehead atoms. The smallest absolute Gasteiger partial charge is 0.191 e. The van der Waals surface area contributed by atoms with Crippen molar-refractivity contribution in [2.24, 2.45) is 4.99 Å². The number of benzene rings is 1. The van der Waals surface area contributed by atoms with Gasteiger partial charge in [-0.1, -0.05) is 36.8 Å². The number of aryl methyl sites for hydroxylation is 1. The summed E-state index contributed by atoms with van der Waals surface area (Å²) in [4.78, 5) is 4.23. The van der Waals surface area contributed by atoms with Crippen LogP contribution in [0.3, 0.4) is 0 Å². The zero-order valence-electron chi connectivity index (χ0n) is 14.9. The largest absolute Gasteiger partial charge is 0.377 e. The molecule has 132 valence electrons. The maximum Gasteiger partial charge on any atom is 0.191 e. The predicted octanol–water partition coefficient (Wildman–Crippen LogP) is 3.61. The van der Waals surface area contributed by atoms with Gasteiger partial charge in [-0.05, 0) is 38.7 Å². The highest BCUT2D eigenvalue weighted by molar-refractivity contribution is 14.0. The fraction of sp³-hybridized carbons (Fsp3) is 0.611. The van der Waals surface area contributed by atoms with Gasteiger partial charge in [0.05, 0.1) is 5.60 Å². The standard InChI is InChI=1S/C18H31N3O.HI/c1-18(2,22-4)15-21-17(19-3)20-14-10-6-9-13-16-11-7-5-8-12-16;/h5,7-8,11-12H,6,9-10,13-15H2,1-4H3,(H2,19,20,21);1H. The molecule has 0 atom stereocenters. The fourth-order valence-corrected chi connectivity index (χ4v) is 2.07. The van der Waals surface area contributed by atoms with Crippen LogP contribution in [0.1, 0.15) is 38.7 Å². The third-order valence-corrected chi connectivity index (χ3v) is 3.74. The molecule has 5 heteroatoms. The minimum absolute atomic E-state index is 0. The van der Waals surface area contributed by atoms with E-state index >= 15 is 0 Å². The lowest BCUT2D eigenvalue weighted by Crippen LogP contribution is -2.45. The van der Waals surface area contributed by atoms with Gasteiger partial charge >= 0.3 is 0 Å². The molecule has 0 amide bonds. The summed E-state index contributed by atoms with van der Waals surface area (Å²) in [5.41, 5.74) is 1.24. The quantitative estimate of drug-likeness (QED) is 0.271. The van der Waals surface area contributed by atoms with Crippen molar-refractivity contribution in [2.75, 3.05) is 27.2 Å². The molecule has 0 saturated carbocycles. The molecule has 0 unspecified atom stereocenters. The van der Waals surface area contributed by atoms with Crippen molar-refractivity contribution in [2.45, 2.75) is 45.1 Å². The van der Waals surface area contributed by atoms with E-state index < -0.39 is 0 Å². The van der Waals surface area contributed by atoms with Gasteiger partial charge in [-0.25, -0.2) is 0 Å². The summed E-state index contributed by atoms with van der Waals surface area (Å²) >= 11 is 0. The lowest BCUT2D eigenvalue weighted by Gasteiger charge is -2.24. The van der Waals surface area contributed by atoms with E-state index in [9.17, 15) is 0 Å². The number of ether oxygens (including phenoxy) is 1. The van der Waals surface area contributed by atoms with Gasteiger partial charge in [-0.2, -0.15) is 0 Å². The third kappa shape index (κ3) is 10.5. The molecular formula is C18H32IN3O. The number of guanidine groups is 1. The van der Waals surface area contributed by atoms with Crippen LogP contribution in [-0.4, -0.2) is 38.8 Å². The molecule has 2 N–H and O–H groups in total. The number of nitrogens with zero attached hydrogens (tertiary/aromatic N) is 1. The Balaban J connectivity index is 0.00000484. The molecule has 0 heterocycles. The number of aliphatic imine (C=N–C) groups is 1. The van der Waals surface area contributed by atoms with Gasteiger partial charge in [0.25, 0.3) is 0 Å².